The van der Waals surface area contributed by atoms with E-state index in [1.807, 2.05) is 30.3 Å². The number of carbonyl (C=O) groups is 2. The molecule has 0 saturated carbocycles. The number of amides is 2. The third-order valence-electron chi connectivity index (χ3n) is 7.06. The van der Waals surface area contributed by atoms with Gasteiger partial charge in [0.15, 0.2) is 0 Å². The smallest absolute Gasteiger partial charge is 0.368 e. The van der Waals surface area contributed by atoms with Crippen LogP contribution in [-0.2, 0) is 15.2 Å². The van der Waals surface area contributed by atoms with Gasteiger partial charge in [-0.15, -0.1) is 0 Å². The van der Waals surface area contributed by atoms with Crippen LogP contribution in [0.4, 0.5) is 17.6 Å². The fraction of sp³-hybridized carbons (Fsp3) is 0.417. The standard InChI is InChI=1S/C24H23ClF4N2O3/c25-18-12-16(6-7-19(18)26)23(34,24(27,28)29)21(33)31-10-8-22(9-11-31)13-20(32)30-14-17(22)15-4-2-1-3-5-15/h1-7,12,17,34H,8-11,13-14H2,(H,30,32)/t17-,23+/m0/s1. The number of benzene rings is 2. The quantitative estimate of drug-likeness (QED) is 0.625. The predicted molar refractivity (Wildman–Crippen MR) is 116 cm³/mol. The number of aliphatic hydroxyl groups is 1. The van der Waals surface area contributed by atoms with Crippen LogP contribution in [0.2, 0.25) is 5.02 Å². The summed E-state index contributed by atoms with van der Waals surface area (Å²) in [6, 6.07) is 11.5. The van der Waals surface area contributed by atoms with E-state index in [2.05, 4.69) is 5.32 Å². The fourth-order valence-corrected chi connectivity index (χ4v) is 5.31. The molecule has 2 aromatic rings. The van der Waals surface area contributed by atoms with Crippen LogP contribution >= 0.6 is 11.6 Å². The maximum atomic E-state index is 14.0. The summed E-state index contributed by atoms with van der Waals surface area (Å²) in [6.07, 6.45) is -4.57. The summed E-state index contributed by atoms with van der Waals surface area (Å²) in [5.41, 5.74) is -4.24. The second-order valence-electron chi connectivity index (χ2n) is 8.94. The van der Waals surface area contributed by atoms with Gasteiger partial charge in [0.05, 0.1) is 5.02 Å². The van der Waals surface area contributed by atoms with Crippen molar-refractivity contribution in [3.8, 4) is 0 Å². The number of hydrogen-bond acceptors (Lipinski definition) is 3. The average Bonchev–Trinajstić information content (AvgIpc) is 2.80. The Kier molecular flexibility index (Phi) is 6.37. The Morgan fingerprint density at radius 2 is 1.76 bits per heavy atom. The zero-order valence-corrected chi connectivity index (χ0v) is 18.8. The minimum absolute atomic E-state index is 0.0546. The Hall–Kier alpha value is -2.65. The lowest BCUT2D eigenvalue weighted by Crippen LogP contribution is -2.59. The molecule has 2 aliphatic rings. The van der Waals surface area contributed by atoms with Gasteiger partial charge in [0.2, 0.25) is 5.91 Å². The molecule has 2 fully saturated rings. The predicted octanol–water partition coefficient (Wildman–Crippen LogP) is 4.14. The SMILES string of the molecule is O=C1CC2(CCN(C(=O)[C@](O)(c3ccc(F)c(Cl)c3)C(F)(F)F)CC2)[C@H](c2ccccc2)CN1. The first-order valence-corrected chi connectivity index (χ1v) is 11.2. The molecule has 4 rings (SSSR count). The summed E-state index contributed by atoms with van der Waals surface area (Å²) >= 11 is 5.63. The van der Waals surface area contributed by atoms with E-state index in [0.29, 0.717) is 37.6 Å². The van der Waals surface area contributed by atoms with Gasteiger partial charge in [-0.1, -0.05) is 48.0 Å². The highest BCUT2D eigenvalue weighted by Crippen LogP contribution is 2.50. The van der Waals surface area contributed by atoms with E-state index in [9.17, 15) is 32.3 Å². The van der Waals surface area contributed by atoms with Gasteiger partial charge in [-0.25, -0.2) is 4.39 Å². The van der Waals surface area contributed by atoms with Crippen LogP contribution in [0.1, 0.15) is 36.3 Å². The van der Waals surface area contributed by atoms with Gasteiger partial charge in [-0.2, -0.15) is 13.2 Å². The maximum Gasteiger partial charge on any atom is 0.430 e. The number of nitrogens with zero attached hydrogens (tertiary/aromatic N) is 1. The second kappa shape index (κ2) is 8.85. The number of carbonyl (C=O) groups excluding carboxylic acids is 2. The number of alkyl halides is 3. The molecular formula is C24H23ClF4N2O3. The molecule has 2 N–H and O–H groups in total. The van der Waals surface area contributed by atoms with E-state index < -0.39 is 39.5 Å². The first-order valence-electron chi connectivity index (χ1n) is 10.8. The maximum absolute atomic E-state index is 14.0. The molecule has 0 aliphatic carbocycles. The summed E-state index contributed by atoms with van der Waals surface area (Å²) in [7, 11) is 0. The third kappa shape index (κ3) is 4.15. The highest BCUT2D eigenvalue weighted by molar-refractivity contribution is 6.30. The van der Waals surface area contributed by atoms with Gasteiger partial charge in [-0.05, 0) is 36.0 Å². The summed E-state index contributed by atoms with van der Waals surface area (Å²) < 4.78 is 55.6. The number of likely N-dealkylation sites (tertiary alicyclic amines) is 1. The Labute approximate surface area is 198 Å². The highest BCUT2D eigenvalue weighted by atomic mass is 35.5. The van der Waals surface area contributed by atoms with Crippen molar-refractivity contribution >= 4 is 23.4 Å². The number of hydrogen-bond donors (Lipinski definition) is 2. The van der Waals surface area contributed by atoms with E-state index in [-0.39, 0.29) is 31.3 Å². The van der Waals surface area contributed by atoms with Gasteiger partial charge in [0.1, 0.15) is 5.82 Å². The topological polar surface area (TPSA) is 69.6 Å². The highest BCUT2D eigenvalue weighted by Gasteiger charge is 2.62. The van der Waals surface area contributed by atoms with Gasteiger partial charge in [0.25, 0.3) is 11.5 Å². The third-order valence-corrected chi connectivity index (χ3v) is 7.35. The number of halogens is 5. The lowest BCUT2D eigenvalue weighted by Gasteiger charge is -2.50. The van der Waals surface area contributed by atoms with E-state index in [0.717, 1.165) is 10.5 Å². The summed E-state index contributed by atoms with van der Waals surface area (Å²) in [5.74, 6) is -2.71. The van der Waals surface area contributed by atoms with Crippen LogP contribution in [-0.4, -0.2) is 47.6 Å². The lowest BCUT2D eigenvalue weighted by molar-refractivity contribution is -0.262. The first-order chi connectivity index (χ1) is 16.0. The van der Waals surface area contributed by atoms with Gasteiger partial charge in [0, 0.05) is 37.5 Å². The van der Waals surface area contributed by atoms with Gasteiger partial charge in [-0.3, -0.25) is 9.59 Å². The molecule has 0 unspecified atom stereocenters. The monoisotopic (exact) mass is 498 g/mol. The minimum atomic E-state index is -5.36. The molecule has 5 nitrogen and oxygen atoms in total. The Morgan fingerprint density at radius 1 is 1.12 bits per heavy atom. The van der Waals surface area contributed by atoms with Gasteiger partial charge < -0.3 is 15.3 Å². The molecule has 182 valence electrons. The molecule has 2 saturated heterocycles. The molecule has 0 aromatic heterocycles. The zero-order valence-electron chi connectivity index (χ0n) is 18.0. The largest absolute Gasteiger partial charge is 0.430 e. The number of piperidine rings is 2. The fourth-order valence-electron chi connectivity index (χ4n) is 5.13. The number of rotatable bonds is 3. The Bertz CT molecular complexity index is 1090. The molecule has 2 aromatic carbocycles. The van der Waals surface area contributed by atoms with Crippen molar-refractivity contribution in [2.75, 3.05) is 19.6 Å². The molecule has 2 amide bonds. The van der Waals surface area contributed by atoms with Crippen LogP contribution in [0.25, 0.3) is 0 Å². The normalized spacial score (nSPS) is 22.2. The lowest BCUT2D eigenvalue weighted by atomic mass is 9.62. The Balaban J connectivity index is 1.61. The minimum Gasteiger partial charge on any atom is -0.368 e. The van der Waals surface area contributed by atoms with Crippen molar-refractivity contribution in [3.63, 3.8) is 0 Å². The van der Waals surface area contributed by atoms with Crippen molar-refractivity contribution < 1.29 is 32.3 Å². The Morgan fingerprint density at radius 3 is 2.35 bits per heavy atom. The molecule has 2 heterocycles. The summed E-state index contributed by atoms with van der Waals surface area (Å²) in [6.45, 7) is 0.267. The molecule has 2 aliphatic heterocycles. The first kappa shape index (κ1) is 24.5. The molecule has 34 heavy (non-hydrogen) atoms. The number of nitrogens with one attached hydrogen (secondary N) is 1. The van der Waals surface area contributed by atoms with E-state index >= 15 is 0 Å². The molecule has 2 atom stereocenters. The van der Waals surface area contributed by atoms with Crippen molar-refractivity contribution in [1.82, 2.24) is 10.2 Å². The van der Waals surface area contributed by atoms with Gasteiger partial charge >= 0.3 is 6.18 Å². The van der Waals surface area contributed by atoms with Crippen LogP contribution < -0.4 is 5.32 Å². The van der Waals surface area contributed by atoms with Crippen LogP contribution in [0.5, 0.6) is 0 Å². The molecular weight excluding hydrogens is 476 g/mol. The second-order valence-corrected chi connectivity index (χ2v) is 9.34. The van der Waals surface area contributed by atoms with Crippen molar-refractivity contribution in [2.24, 2.45) is 5.41 Å². The average molecular weight is 499 g/mol. The van der Waals surface area contributed by atoms with Crippen molar-refractivity contribution in [2.45, 2.75) is 37.0 Å². The van der Waals surface area contributed by atoms with Crippen molar-refractivity contribution in [3.05, 3.63) is 70.5 Å². The molecule has 1 spiro atoms. The van der Waals surface area contributed by atoms with Crippen LogP contribution in [0.15, 0.2) is 48.5 Å². The van der Waals surface area contributed by atoms with E-state index in [1.54, 1.807) is 0 Å². The van der Waals surface area contributed by atoms with E-state index in [1.165, 1.54) is 0 Å². The van der Waals surface area contributed by atoms with Crippen molar-refractivity contribution in [1.29, 1.82) is 0 Å². The summed E-state index contributed by atoms with van der Waals surface area (Å²) in [4.78, 5) is 26.3. The van der Waals surface area contributed by atoms with Crippen LogP contribution in [0.3, 0.4) is 0 Å². The molecule has 0 radical (unpaired) electrons. The van der Waals surface area contributed by atoms with Crippen LogP contribution in [0, 0.1) is 11.2 Å². The molecule has 10 heteroatoms. The summed E-state index contributed by atoms with van der Waals surface area (Å²) in [5, 5.41) is 12.9. The van der Waals surface area contributed by atoms with E-state index in [4.69, 9.17) is 11.6 Å². The zero-order chi connectivity index (χ0) is 24.7. The molecule has 0 bridgehead atoms.